The lowest BCUT2D eigenvalue weighted by Crippen LogP contribution is -2.51. The second-order valence-corrected chi connectivity index (χ2v) is 6.11. The topological polar surface area (TPSA) is 149 Å². The van der Waals surface area contributed by atoms with Crippen molar-refractivity contribution >= 4 is 0 Å². The number of hydrogen-bond donors (Lipinski definition) is 6. The minimum atomic E-state index is -1.32. The summed E-state index contributed by atoms with van der Waals surface area (Å²) < 4.78 is 16.0. The molecule has 9 heteroatoms. The van der Waals surface area contributed by atoms with E-state index >= 15 is 0 Å². The Hall–Kier alpha value is -0.360. The molecule has 0 saturated carbocycles. The standard InChI is InChI=1S/C14H26O9/c15-3-11-7(1-10(19)14(20)23-11)5-21-6-13-9(18)2-8(17)12(4-16)22-13/h7-20H,1-6H2/t7-,8+,9?,10?,11?,12?,13+,14-/m1/s1. The molecular weight excluding hydrogens is 312 g/mol. The Balaban J connectivity index is 1.79. The fourth-order valence-electron chi connectivity index (χ4n) is 2.93. The number of rotatable bonds is 6. The largest absolute Gasteiger partial charge is 0.394 e. The summed E-state index contributed by atoms with van der Waals surface area (Å²) >= 11 is 0. The molecule has 0 radical (unpaired) electrons. The molecule has 0 aromatic heterocycles. The van der Waals surface area contributed by atoms with E-state index in [1.54, 1.807) is 0 Å². The molecule has 2 saturated heterocycles. The first-order chi connectivity index (χ1) is 11.0. The van der Waals surface area contributed by atoms with E-state index < -0.39 is 42.9 Å². The molecule has 23 heavy (non-hydrogen) atoms. The maximum absolute atomic E-state index is 9.88. The third-order valence-corrected chi connectivity index (χ3v) is 4.38. The van der Waals surface area contributed by atoms with Gasteiger partial charge >= 0.3 is 0 Å². The first kappa shape index (κ1) is 19.0. The van der Waals surface area contributed by atoms with Crippen LogP contribution in [0.4, 0.5) is 0 Å². The molecule has 2 aliphatic heterocycles. The van der Waals surface area contributed by atoms with E-state index in [-0.39, 0.29) is 45.2 Å². The van der Waals surface area contributed by atoms with Crippen LogP contribution in [-0.4, -0.2) is 100.0 Å². The molecule has 2 heterocycles. The molecule has 2 rings (SSSR count). The van der Waals surface area contributed by atoms with Gasteiger partial charge in [-0.15, -0.1) is 0 Å². The number of ether oxygens (including phenoxy) is 3. The Labute approximate surface area is 134 Å². The van der Waals surface area contributed by atoms with E-state index in [0.717, 1.165) is 0 Å². The van der Waals surface area contributed by atoms with Gasteiger partial charge < -0.3 is 44.8 Å². The highest BCUT2D eigenvalue weighted by Gasteiger charge is 2.38. The molecule has 0 aliphatic carbocycles. The lowest BCUT2D eigenvalue weighted by atomic mass is 9.93. The Morgan fingerprint density at radius 2 is 1.39 bits per heavy atom. The molecular formula is C14H26O9. The van der Waals surface area contributed by atoms with E-state index in [1.807, 2.05) is 0 Å². The van der Waals surface area contributed by atoms with Gasteiger partial charge in [0.15, 0.2) is 6.29 Å². The summed E-state index contributed by atoms with van der Waals surface area (Å²) in [6, 6.07) is 0. The lowest BCUT2D eigenvalue weighted by Gasteiger charge is -2.38. The minimum absolute atomic E-state index is 0.0394. The Bertz CT molecular complexity index is 355. The highest BCUT2D eigenvalue weighted by Crippen LogP contribution is 2.26. The zero-order valence-electron chi connectivity index (χ0n) is 12.8. The number of aliphatic hydroxyl groups excluding tert-OH is 6. The average molecular weight is 338 g/mol. The molecule has 2 fully saturated rings. The maximum atomic E-state index is 9.88. The van der Waals surface area contributed by atoms with Crippen LogP contribution in [0.15, 0.2) is 0 Å². The van der Waals surface area contributed by atoms with Crippen LogP contribution in [0.2, 0.25) is 0 Å². The summed E-state index contributed by atoms with van der Waals surface area (Å²) in [6.07, 6.45) is -5.96. The van der Waals surface area contributed by atoms with Gasteiger partial charge in [0, 0.05) is 12.3 Å². The van der Waals surface area contributed by atoms with Crippen LogP contribution >= 0.6 is 0 Å². The van der Waals surface area contributed by atoms with Crippen LogP contribution in [0.1, 0.15) is 12.8 Å². The summed E-state index contributed by atoms with van der Waals surface area (Å²) in [5.41, 5.74) is 0. The van der Waals surface area contributed by atoms with Crippen molar-refractivity contribution in [2.45, 2.75) is 55.8 Å². The first-order valence-electron chi connectivity index (χ1n) is 7.78. The fraction of sp³-hybridized carbons (Fsp3) is 1.00. The Morgan fingerprint density at radius 3 is 2.04 bits per heavy atom. The molecule has 0 bridgehead atoms. The predicted molar refractivity (Wildman–Crippen MR) is 75.3 cm³/mol. The van der Waals surface area contributed by atoms with Gasteiger partial charge in [0.25, 0.3) is 0 Å². The molecule has 0 aromatic rings. The van der Waals surface area contributed by atoms with Crippen LogP contribution in [-0.2, 0) is 14.2 Å². The summed E-state index contributed by atoms with van der Waals surface area (Å²) in [6.45, 7) is -0.470. The van der Waals surface area contributed by atoms with Gasteiger partial charge in [0.1, 0.15) is 18.3 Å². The zero-order chi connectivity index (χ0) is 17.0. The second kappa shape index (κ2) is 8.65. The molecule has 8 atom stereocenters. The molecule has 0 spiro atoms. The highest BCUT2D eigenvalue weighted by atomic mass is 16.6. The number of aliphatic hydroxyl groups is 6. The van der Waals surface area contributed by atoms with Gasteiger partial charge in [-0.2, -0.15) is 0 Å². The summed E-state index contributed by atoms with van der Waals surface area (Å²) in [5.74, 6) is -0.307. The maximum Gasteiger partial charge on any atom is 0.181 e. The van der Waals surface area contributed by atoms with E-state index in [1.165, 1.54) is 0 Å². The highest BCUT2D eigenvalue weighted by molar-refractivity contribution is 4.85. The van der Waals surface area contributed by atoms with E-state index in [4.69, 9.17) is 19.3 Å². The van der Waals surface area contributed by atoms with E-state index in [9.17, 15) is 25.5 Å². The fourth-order valence-corrected chi connectivity index (χ4v) is 2.93. The molecule has 4 unspecified atom stereocenters. The zero-order valence-corrected chi connectivity index (χ0v) is 12.8. The summed E-state index contributed by atoms with van der Waals surface area (Å²) in [4.78, 5) is 0. The van der Waals surface area contributed by atoms with Crippen molar-refractivity contribution in [3.8, 4) is 0 Å². The van der Waals surface area contributed by atoms with E-state index in [2.05, 4.69) is 0 Å². The van der Waals surface area contributed by atoms with Crippen LogP contribution in [0.3, 0.4) is 0 Å². The monoisotopic (exact) mass is 338 g/mol. The average Bonchev–Trinajstić information content (AvgIpc) is 2.52. The third-order valence-electron chi connectivity index (χ3n) is 4.38. The quantitative estimate of drug-likeness (QED) is 0.297. The molecule has 6 N–H and O–H groups in total. The van der Waals surface area contributed by atoms with Crippen molar-refractivity contribution in [1.82, 2.24) is 0 Å². The van der Waals surface area contributed by atoms with Crippen molar-refractivity contribution < 1.29 is 44.8 Å². The molecule has 2 aliphatic rings. The summed E-state index contributed by atoms with van der Waals surface area (Å²) in [5, 5.41) is 56.9. The first-order valence-corrected chi connectivity index (χ1v) is 7.78. The lowest BCUT2D eigenvalue weighted by molar-refractivity contribution is -0.247. The van der Waals surface area contributed by atoms with Crippen molar-refractivity contribution in [2.24, 2.45) is 5.92 Å². The van der Waals surface area contributed by atoms with Crippen molar-refractivity contribution in [3.63, 3.8) is 0 Å². The van der Waals surface area contributed by atoms with Crippen LogP contribution in [0.5, 0.6) is 0 Å². The summed E-state index contributed by atoms with van der Waals surface area (Å²) in [7, 11) is 0. The predicted octanol–water partition coefficient (Wildman–Crippen LogP) is -3.05. The van der Waals surface area contributed by atoms with Crippen LogP contribution in [0, 0.1) is 5.92 Å². The Kier molecular flexibility index (Phi) is 7.14. The van der Waals surface area contributed by atoms with Gasteiger partial charge in [-0.3, -0.25) is 0 Å². The molecule has 136 valence electrons. The van der Waals surface area contributed by atoms with Crippen LogP contribution in [0.25, 0.3) is 0 Å². The molecule has 9 nitrogen and oxygen atoms in total. The van der Waals surface area contributed by atoms with Crippen molar-refractivity contribution in [1.29, 1.82) is 0 Å². The van der Waals surface area contributed by atoms with E-state index in [0.29, 0.717) is 0 Å². The van der Waals surface area contributed by atoms with Gasteiger partial charge in [0.05, 0.1) is 44.7 Å². The molecule has 0 amide bonds. The minimum Gasteiger partial charge on any atom is -0.394 e. The smallest absolute Gasteiger partial charge is 0.181 e. The molecule has 0 aromatic carbocycles. The second-order valence-electron chi connectivity index (χ2n) is 6.11. The van der Waals surface area contributed by atoms with Crippen molar-refractivity contribution in [2.75, 3.05) is 26.4 Å². The van der Waals surface area contributed by atoms with Gasteiger partial charge in [-0.25, -0.2) is 0 Å². The Morgan fingerprint density at radius 1 is 0.739 bits per heavy atom. The number of hydrogen-bond acceptors (Lipinski definition) is 9. The van der Waals surface area contributed by atoms with Crippen molar-refractivity contribution in [3.05, 3.63) is 0 Å². The van der Waals surface area contributed by atoms with Gasteiger partial charge in [0.2, 0.25) is 0 Å². The van der Waals surface area contributed by atoms with Gasteiger partial charge in [-0.05, 0) is 6.42 Å². The van der Waals surface area contributed by atoms with Crippen LogP contribution < -0.4 is 0 Å². The third kappa shape index (κ3) is 4.81. The SMILES string of the molecule is OCC1O[C@@H](O)C(O)C[C@@H]1COC[C@@H]1OC(CO)[C@@H](O)CC1O. The normalized spacial score (nSPS) is 45.1. The van der Waals surface area contributed by atoms with Gasteiger partial charge in [-0.1, -0.05) is 0 Å².